The van der Waals surface area contributed by atoms with E-state index in [1.54, 1.807) is 0 Å². The Morgan fingerprint density at radius 3 is 1.36 bits per heavy atom. The van der Waals surface area contributed by atoms with Gasteiger partial charge in [-0.2, -0.15) is 0 Å². The Labute approximate surface area is 203 Å². The normalized spacial score (nSPS) is 13.1. The van der Waals surface area contributed by atoms with Gasteiger partial charge in [-0.15, -0.1) is 0 Å². The molecule has 0 unspecified atom stereocenters. The van der Waals surface area contributed by atoms with Crippen LogP contribution in [0.2, 0.25) is 0 Å². The molecule has 0 spiro atoms. The quantitative estimate of drug-likeness (QED) is 0.218. The molecule has 1 aliphatic rings. The summed E-state index contributed by atoms with van der Waals surface area (Å²) in [6, 6.07) is 21.3. The topological polar surface area (TPSA) is 27.9 Å². The van der Waals surface area contributed by atoms with Gasteiger partial charge in [0.25, 0.3) is 0 Å². The summed E-state index contributed by atoms with van der Waals surface area (Å²) >= 11 is 0. The third-order valence-corrected chi connectivity index (χ3v) is 4.68. The monoisotopic (exact) mass is 515 g/mol. The maximum Gasteiger partial charge on any atom is 0.673 e. The molecular weight excluding hydrogens is 492 g/mol. The molecule has 0 radical (unpaired) electrons. The second-order valence-electron chi connectivity index (χ2n) is 7.79. The molecule has 0 aliphatic carbocycles. The molecule has 2 aromatic carbocycles. The summed E-state index contributed by atoms with van der Waals surface area (Å²) in [6.07, 6.45) is 6.54. The molecule has 2 N–H and O–H groups in total. The highest BCUT2D eigenvalue weighted by Crippen LogP contribution is 2.32. The Balaban J connectivity index is 0.000000389. The Bertz CT molecular complexity index is 1100. The van der Waals surface area contributed by atoms with Crippen molar-refractivity contribution < 1.29 is 44.3 Å². The number of hydrogen-bond donors (Lipinski definition) is 1. The lowest BCUT2D eigenvalue weighted by Gasteiger charge is -2.06. The molecule has 0 amide bonds. The fourth-order valence-electron chi connectivity index (χ4n) is 3.12. The molecule has 0 fully saturated rings. The zero-order valence-corrected chi connectivity index (χ0v) is 19.4. The van der Waals surface area contributed by atoms with E-state index in [0.29, 0.717) is 0 Å². The zero-order chi connectivity index (χ0) is 26.9. The van der Waals surface area contributed by atoms with Crippen LogP contribution in [0.5, 0.6) is 0 Å². The molecule has 2 heterocycles. The van der Waals surface area contributed by atoms with E-state index < -0.39 is 14.5 Å². The van der Waals surface area contributed by atoms with Crippen LogP contribution in [0.4, 0.5) is 34.5 Å². The third kappa shape index (κ3) is 11.4. The van der Waals surface area contributed by atoms with Crippen LogP contribution < -0.4 is 5.32 Å². The second-order valence-corrected chi connectivity index (χ2v) is 7.79. The maximum atomic E-state index is 9.75. The molecule has 12 heteroatoms. The summed E-state index contributed by atoms with van der Waals surface area (Å²) < 4.78 is 84.3. The number of hydrogen-bond acceptors (Lipinski definition) is 0. The number of allylic oxidation sites excluding steroid dienone is 2. The first-order chi connectivity index (χ1) is 16.7. The molecule has 1 aromatic heterocycles. The van der Waals surface area contributed by atoms with Crippen molar-refractivity contribution in [3.63, 3.8) is 0 Å². The van der Waals surface area contributed by atoms with Gasteiger partial charge in [0.05, 0.1) is 36.0 Å². The predicted molar refractivity (Wildman–Crippen MR) is 128 cm³/mol. The van der Waals surface area contributed by atoms with E-state index in [4.69, 9.17) is 4.42 Å². The van der Waals surface area contributed by atoms with Gasteiger partial charge in [-0.3, -0.25) is 0 Å². The molecule has 192 valence electrons. The van der Waals surface area contributed by atoms with Crippen LogP contribution in [-0.4, -0.2) is 21.1 Å². The smallest absolute Gasteiger partial charge is 0.418 e. The van der Waals surface area contributed by atoms with Crippen LogP contribution in [0.25, 0.3) is 28.2 Å². The van der Waals surface area contributed by atoms with Crippen LogP contribution in [0.15, 0.2) is 83.4 Å². The highest BCUT2D eigenvalue weighted by Gasteiger charge is 2.22. The van der Waals surface area contributed by atoms with Gasteiger partial charge >= 0.3 is 26.0 Å². The van der Waals surface area contributed by atoms with Gasteiger partial charge in [0.1, 0.15) is 0 Å². The number of quaternary nitrogens is 1. The minimum Gasteiger partial charge on any atom is -0.418 e. The Kier molecular flexibility index (Phi) is 10.0. The van der Waals surface area contributed by atoms with Gasteiger partial charge in [0, 0.05) is 5.56 Å². The first-order valence-corrected chi connectivity index (χ1v) is 10.8. The average molecular weight is 515 g/mol. The summed E-state index contributed by atoms with van der Waals surface area (Å²) in [4.78, 5) is 0. The van der Waals surface area contributed by atoms with Crippen LogP contribution in [0.3, 0.4) is 0 Å². The van der Waals surface area contributed by atoms with E-state index in [1.807, 2.05) is 0 Å². The van der Waals surface area contributed by atoms with E-state index in [0.717, 1.165) is 29.2 Å². The summed E-state index contributed by atoms with van der Waals surface area (Å²) in [5, 5.41) is 2.17. The predicted octanol–water partition coefficient (Wildman–Crippen LogP) is 7.59. The lowest BCUT2D eigenvalue weighted by atomic mass is 10.00. The molecule has 1 aliphatic heterocycles. The van der Waals surface area contributed by atoms with Crippen LogP contribution >= 0.6 is 0 Å². The van der Waals surface area contributed by atoms with Gasteiger partial charge in [-0.05, 0) is 55.8 Å². The highest BCUT2D eigenvalue weighted by atomic mass is 19.5. The molecule has 2 nitrogen and oxygen atoms in total. The number of rotatable bonds is 3. The van der Waals surface area contributed by atoms with Crippen molar-refractivity contribution in [1.82, 2.24) is 0 Å². The summed E-state index contributed by atoms with van der Waals surface area (Å²) in [7, 11) is -12.0. The first kappa shape index (κ1) is 28.8. The second kappa shape index (κ2) is 12.5. The first-order valence-electron chi connectivity index (χ1n) is 10.8. The minimum absolute atomic E-state index is 0.891. The average Bonchev–Trinajstić information content (AvgIpc) is 2.78. The molecule has 36 heavy (non-hydrogen) atoms. The molecule has 0 atom stereocenters. The van der Waals surface area contributed by atoms with E-state index in [-0.39, 0.29) is 0 Å². The lowest BCUT2D eigenvalue weighted by Crippen LogP contribution is -2.78. The van der Waals surface area contributed by atoms with Gasteiger partial charge < -0.3 is 39.8 Å². The van der Waals surface area contributed by atoms with Crippen LogP contribution in [-0.2, 0) is 0 Å². The van der Waals surface area contributed by atoms with E-state index in [9.17, 15) is 34.5 Å². The fourth-order valence-corrected chi connectivity index (χ4v) is 3.12. The number of halogens is 8. The van der Waals surface area contributed by atoms with Crippen molar-refractivity contribution in [2.24, 2.45) is 0 Å². The Hall–Kier alpha value is -3.40. The van der Waals surface area contributed by atoms with Crippen molar-refractivity contribution in [2.45, 2.75) is 13.8 Å². The van der Waals surface area contributed by atoms with Crippen LogP contribution in [0.1, 0.15) is 16.7 Å². The minimum atomic E-state index is -6.00. The Morgan fingerprint density at radius 2 is 1.03 bits per heavy atom. The van der Waals surface area contributed by atoms with Crippen molar-refractivity contribution in [1.29, 1.82) is 0 Å². The zero-order valence-electron chi connectivity index (χ0n) is 19.4. The standard InChI is InChI=1S/C24H22NO.2BF4/c1-17-3-7-20(8-4-17)23-15-22(19-11-13-25-14-12-19)16-24(26-23)21-9-5-18(2)6-10-21;2*2-1(3,4)5/h3-13,15-16,25H,14H2,1-2H3;;/q+1;2*-1/p+1. The molecule has 4 rings (SSSR count). The largest absolute Gasteiger partial charge is 0.673 e. The molecule has 0 saturated heterocycles. The Morgan fingerprint density at radius 1 is 0.639 bits per heavy atom. The summed E-state index contributed by atoms with van der Waals surface area (Å²) in [5.74, 6) is 1.78. The molecular formula is C24H23B2F8NO. The number of benzene rings is 2. The van der Waals surface area contributed by atoms with Gasteiger partial charge in [0.15, 0.2) is 0 Å². The molecule has 3 aromatic rings. The van der Waals surface area contributed by atoms with Crippen molar-refractivity contribution >= 4 is 20.1 Å². The van der Waals surface area contributed by atoms with Crippen LogP contribution in [0, 0.1) is 13.8 Å². The van der Waals surface area contributed by atoms with Gasteiger partial charge in [0.2, 0.25) is 0 Å². The lowest BCUT2D eigenvalue weighted by molar-refractivity contribution is -0.578. The third-order valence-electron chi connectivity index (χ3n) is 4.68. The van der Waals surface area contributed by atoms with E-state index >= 15 is 0 Å². The SMILES string of the molecule is Cc1ccc(-c2cc(C3=CC[NH2+]C=C3)cc(-c3ccc(C)cc3)[o+]2)cc1.F[B-](F)(F)F.F[B-](F)(F)F. The molecule has 0 bridgehead atoms. The number of nitrogens with two attached hydrogens (primary N) is 1. The van der Waals surface area contributed by atoms with E-state index in [1.165, 1.54) is 22.3 Å². The van der Waals surface area contributed by atoms with Gasteiger partial charge in [-0.1, -0.05) is 35.4 Å². The summed E-state index contributed by atoms with van der Waals surface area (Å²) in [5.41, 5.74) is 7.11. The fraction of sp³-hybridized carbons (Fsp3) is 0.125. The van der Waals surface area contributed by atoms with Crippen molar-refractivity contribution in [3.8, 4) is 22.6 Å². The molecule has 0 saturated carbocycles. The summed E-state index contributed by atoms with van der Waals surface area (Å²) in [6.45, 7) is 5.17. The van der Waals surface area contributed by atoms with Crippen molar-refractivity contribution in [2.75, 3.05) is 6.54 Å². The highest BCUT2D eigenvalue weighted by molar-refractivity contribution is 6.50. The van der Waals surface area contributed by atoms with E-state index in [2.05, 4.69) is 98.2 Å². The number of aryl methyl sites for hydroxylation is 2. The maximum absolute atomic E-state index is 9.75. The van der Waals surface area contributed by atoms with Crippen molar-refractivity contribution in [3.05, 3.63) is 95.7 Å². The van der Waals surface area contributed by atoms with Gasteiger partial charge in [-0.25, -0.2) is 4.42 Å².